The number of allylic oxidation sites excluding steroid dienone is 2. The van der Waals surface area contributed by atoms with Crippen LogP contribution in [0.1, 0.15) is 26.3 Å². The Morgan fingerprint density at radius 3 is 2.47 bits per heavy atom. The van der Waals surface area contributed by atoms with Gasteiger partial charge in [-0.15, -0.1) is 0 Å². The monoisotopic (exact) mass is 658 g/mol. The molecule has 0 spiro atoms. The predicted octanol–water partition coefficient (Wildman–Crippen LogP) is 5.57. The van der Waals surface area contributed by atoms with Crippen LogP contribution in [0.3, 0.4) is 0 Å². The summed E-state index contributed by atoms with van der Waals surface area (Å²) in [6.45, 7) is 10.2. The highest BCUT2D eigenvalue weighted by Gasteiger charge is 2.33. The smallest absolute Gasteiger partial charge is 0.276 e. The maximum Gasteiger partial charge on any atom is 0.276 e. The maximum absolute atomic E-state index is 14.6. The number of piperazine rings is 1. The second kappa shape index (κ2) is 12.1. The van der Waals surface area contributed by atoms with Crippen molar-refractivity contribution in [3.05, 3.63) is 80.0 Å². The van der Waals surface area contributed by atoms with E-state index in [9.17, 15) is 33.1 Å². The Hall–Kier alpha value is -4.47. The van der Waals surface area contributed by atoms with Gasteiger partial charge in [-0.3, -0.25) is 14.2 Å². The molecule has 0 saturated carbocycles. The van der Waals surface area contributed by atoms with Gasteiger partial charge in [-0.05, 0) is 42.8 Å². The molecule has 5 rings (SSSR count). The van der Waals surface area contributed by atoms with Crippen LogP contribution in [0.2, 0.25) is 10.0 Å². The summed E-state index contributed by atoms with van der Waals surface area (Å²) in [6, 6.07) is 2.96. The quantitative estimate of drug-likeness (QED) is 0.209. The number of hydrogen-bond donors (Lipinski definition) is 2. The van der Waals surface area contributed by atoms with Crippen molar-refractivity contribution in [1.82, 2.24) is 19.8 Å². The molecule has 0 radical (unpaired) electrons. The third kappa shape index (κ3) is 5.19. The Morgan fingerprint density at radius 2 is 1.87 bits per heavy atom. The Labute approximate surface area is 266 Å². The molecule has 14 heteroatoms. The number of hydrogen-bond acceptors (Lipinski definition) is 7. The zero-order chi connectivity index (χ0) is 32.9. The number of amides is 1. The fraction of sp³-hybridized carbons (Fsp3) is 0.290. The summed E-state index contributed by atoms with van der Waals surface area (Å²) in [7, 11) is 0. The highest BCUT2D eigenvalue weighted by atomic mass is 35.5. The lowest BCUT2D eigenvalue weighted by molar-refractivity contribution is -0.126. The zero-order valence-corrected chi connectivity index (χ0v) is 25.9. The Balaban J connectivity index is 1.90. The van der Waals surface area contributed by atoms with Crippen molar-refractivity contribution in [3.63, 3.8) is 0 Å². The first kappa shape index (κ1) is 31.9. The van der Waals surface area contributed by atoms with Gasteiger partial charge in [-0.1, -0.05) is 43.6 Å². The van der Waals surface area contributed by atoms with E-state index in [1.807, 2.05) is 19.9 Å². The third-order valence-electron chi connectivity index (χ3n) is 7.96. The normalized spacial score (nSPS) is 16.8. The average molecular weight is 659 g/mol. The molecule has 2 aromatic heterocycles. The van der Waals surface area contributed by atoms with E-state index >= 15 is 0 Å². The van der Waals surface area contributed by atoms with Crippen LogP contribution in [-0.2, 0) is 4.79 Å². The van der Waals surface area contributed by atoms with Crippen molar-refractivity contribution in [3.8, 4) is 23.1 Å². The van der Waals surface area contributed by atoms with E-state index in [1.54, 1.807) is 29.0 Å². The first-order valence-corrected chi connectivity index (χ1v) is 14.6. The molecule has 1 fully saturated rings. The molecule has 2 N–H and O–H groups in total. The van der Waals surface area contributed by atoms with Gasteiger partial charge < -0.3 is 20.2 Å². The third-order valence-corrected chi connectivity index (χ3v) is 8.61. The molecule has 4 heterocycles. The summed E-state index contributed by atoms with van der Waals surface area (Å²) < 4.78 is 44.5. The van der Waals surface area contributed by atoms with Gasteiger partial charge in [0.05, 0.1) is 38.7 Å². The van der Waals surface area contributed by atoms with Gasteiger partial charge in [-0.2, -0.15) is 9.65 Å². The number of dihydropyridines is 1. The highest BCUT2D eigenvalue weighted by Crippen LogP contribution is 2.45. The standard InChI is InChI=1S/C31H27Cl2F3N6O3/c1-5-19(43)40-8-10-41(11-9-40)28-16-12-18(32)26(20-21(33)22(34)23(35)24(36)29(20)44)39-30(16)42(31(45)17(28)13-37)27-15(4)6-7-38-25(27)14(2)3/h5-7,12,14,25,38,44H,1,8-11H2,2-4H3. The van der Waals surface area contributed by atoms with Gasteiger partial charge in [0.15, 0.2) is 17.4 Å². The van der Waals surface area contributed by atoms with Gasteiger partial charge in [0.1, 0.15) is 17.3 Å². The molecule has 1 atom stereocenters. The van der Waals surface area contributed by atoms with E-state index < -0.39 is 51.1 Å². The number of carbonyl (C=O) groups is 1. The Kier molecular flexibility index (Phi) is 8.62. The van der Waals surface area contributed by atoms with Crippen LogP contribution in [0.5, 0.6) is 5.75 Å². The number of benzene rings is 1. The molecule has 9 nitrogen and oxygen atoms in total. The first-order chi connectivity index (χ1) is 21.3. The number of nitrogens with one attached hydrogen (secondary N) is 1. The van der Waals surface area contributed by atoms with E-state index in [4.69, 9.17) is 23.2 Å². The summed E-state index contributed by atoms with van der Waals surface area (Å²) >= 11 is 12.7. The summed E-state index contributed by atoms with van der Waals surface area (Å²) in [6.07, 6.45) is 4.68. The van der Waals surface area contributed by atoms with Gasteiger partial charge in [0.2, 0.25) is 11.7 Å². The largest absolute Gasteiger partial charge is 0.504 e. The molecule has 0 bridgehead atoms. The number of pyridine rings is 2. The van der Waals surface area contributed by atoms with Crippen LogP contribution in [0.25, 0.3) is 28.0 Å². The molecule has 45 heavy (non-hydrogen) atoms. The highest BCUT2D eigenvalue weighted by molar-refractivity contribution is 6.37. The zero-order valence-electron chi connectivity index (χ0n) is 24.4. The molecule has 2 aliphatic heterocycles. The number of aromatic nitrogens is 2. The summed E-state index contributed by atoms with van der Waals surface area (Å²) in [5.41, 5.74) is -0.811. The number of fused-ring (bicyclic) bond motifs is 1. The number of phenolic OH excluding ortho intramolecular Hbond substituents is 1. The topological polar surface area (TPSA) is 114 Å². The fourth-order valence-corrected chi connectivity index (χ4v) is 6.23. The molecular weight excluding hydrogens is 632 g/mol. The van der Waals surface area contributed by atoms with Crippen molar-refractivity contribution in [1.29, 1.82) is 5.26 Å². The molecule has 3 aromatic rings. The summed E-state index contributed by atoms with van der Waals surface area (Å²) in [5, 5.41) is 23.1. The van der Waals surface area contributed by atoms with E-state index in [0.29, 0.717) is 11.3 Å². The van der Waals surface area contributed by atoms with E-state index in [0.717, 1.165) is 0 Å². The summed E-state index contributed by atoms with van der Waals surface area (Å²) in [4.78, 5) is 34.5. The van der Waals surface area contributed by atoms with Crippen LogP contribution >= 0.6 is 23.2 Å². The SMILES string of the molecule is C=CC(=O)N1CCN(c2c(C#N)c(=O)n(C3=C(C)C=CNC3C(C)C)c3nc(-c4c(O)c(F)c(F)c(F)c4Cl)c(Cl)cc23)CC1. The van der Waals surface area contributed by atoms with Crippen molar-refractivity contribution in [2.45, 2.75) is 26.8 Å². The van der Waals surface area contributed by atoms with E-state index in [1.165, 1.54) is 16.7 Å². The Bertz CT molecular complexity index is 1910. The number of anilines is 1. The van der Waals surface area contributed by atoms with E-state index in [-0.39, 0.29) is 65.3 Å². The number of phenols is 1. The van der Waals surface area contributed by atoms with Crippen LogP contribution in [0, 0.1) is 34.7 Å². The lowest BCUT2D eigenvalue weighted by Gasteiger charge is -2.37. The van der Waals surface area contributed by atoms with Crippen LogP contribution in [0.4, 0.5) is 18.9 Å². The maximum atomic E-state index is 14.6. The number of nitriles is 1. The van der Waals surface area contributed by atoms with Crippen molar-refractivity contribution in [2.75, 3.05) is 31.1 Å². The lowest BCUT2D eigenvalue weighted by atomic mass is 9.94. The number of carbonyl (C=O) groups excluding carboxylic acids is 1. The van der Waals surface area contributed by atoms with Crippen LogP contribution < -0.4 is 15.8 Å². The number of rotatable bonds is 5. The van der Waals surface area contributed by atoms with Gasteiger partial charge in [0.25, 0.3) is 5.56 Å². The molecular formula is C31H27Cl2F3N6O3. The fourth-order valence-electron chi connectivity index (χ4n) is 5.72. The molecule has 1 unspecified atom stereocenters. The number of aromatic hydroxyl groups is 1. The first-order valence-electron chi connectivity index (χ1n) is 13.9. The number of halogens is 5. The van der Waals surface area contributed by atoms with Crippen molar-refractivity contribution >= 4 is 51.5 Å². The minimum Gasteiger partial charge on any atom is -0.504 e. The Morgan fingerprint density at radius 1 is 1.20 bits per heavy atom. The second-order valence-electron chi connectivity index (χ2n) is 11.0. The van der Waals surface area contributed by atoms with Gasteiger partial charge >= 0.3 is 0 Å². The lowest BCUT2D eigenvalue weighted by Crippen LogP contribution is -2.49. The van der Waals surface area contributed by atoms with Crippen molar-refractivity contribution < 1.29 is 23.1 Å². The predicted molar refractivity (Wildman–Crippen MR) is 166 cm³/mol. The number of nitrogens with zero attached hydrogens (tertiary/aromatic N) is 5. The average Bonchev–Trinajstić information content (AvgIpc) is 3.02. The van der Waals surface area contributed by atoms with E-state index in [2.05, 4.69) is 16.9 Å². The van der Waals surface area contributed by atoms with Crippen molar-refractivity contribution in [2.24, 2.45) is 5.92 Å². The summed E-state index contributed by atoms with van der Waals surface area (Å²) in [5.74, 6) is -7.28. The molecule has 1 saturated heterocycles. The molecule has 234 valence electrons. The molecule has 1 aromatic carbocycles. The van der Waals surface area contributed by atoms with Crippen LogP contribution in [-0.4, -0.2) is 57.7 Å². The minimum absolute atomic E-state index is 0.0595. The van der Waals surface area contributed by atoms with Gasteiger partial charge in [0, 0.05) is 31.6 Å². The molecule has 1 amide bonds. The van der Waals surface area contributed by atoms with Gasteiger partial charge in [-0.25, -0.2) is 13.8 Å². The van der Waals surface area contributed by atoms with Crippen LogP contribution in [0.15, 0.2) is 41.4 Å². The minimum atomic E-state index is -1.98. The molecule has 2 aliphatic rings. The molecule has 0 aliphatic carbocycles. The second-order valence-corrected chi connectivity index (χ2v) is 11.7.